The van der Waals surface area contributed by atoms with Crippen LogP contribution in [0.4, 0.5) is 4.39 Å². The molecule has 0 radical (unpaired) electrons. The lowest BCUT2D eigenvalue weighted by molar-refractivity contribution is 0.627. The molecule has 0 amide bonds. The van der Waals surface area contributed by atoms with Gasteiger partial charge in [0.1, 0.15) is 5.82 Å². The minimum atomic E-state index is -0.195. The van der Waals surface area contributed by atoms with Crippen LogP contribution in [0.2, 0.25) is 0 Å². The van der Waals surface area contributed by atoms with Crippen molar-refractivity contribution in [2.45, 2.75) is 4.83 Å². The van der Waals surface area contributed by atoms with E-state index in [2.05, 4.69) is 22.0 Å². The van der Waals surface area contributed by atoms with Gasteiger partial charge in [0.05, 0.1) is 4.83 Å². The largest absolute Gasteiger partial charge is 0.207 e. The lowest BCUT2D eigenvalue weighted by atomic mass is 10.1. The second-order valence-corrected chi connectivity index (χ2v) is 4.82. The molecule has 0 aliphatic rings. The van der Waals surface area contributed by atoms with Gasteiger partial charge in [-0.1, -0.05) is 34.1 Å². The molecule has 0 saturated carbocycles. The zero-order valence-corrected chi connectivity index (χ0v) is 9.69. The van der Waals surface area contributed by atoms with Crippen molar-refractivity contribution in [1.29, 1.82) is 0 Å². The Hall–Kier alpha value is -0.670. The van der Waals surface area contributed by atoms with Gasteiger partial charge in [0.2, 0.25) is 0 Å². The summed E-state index contributed by atoms with van der Waals surface area (Å²) in [6.07, 6.45) is 0. The van der Waals surface area contributed by atoms with E-state index >= 15 is 0 Å². The van der Waals surface area contributed by atoms with E-state index in [1.807, 2.05) is 11.4 Å². The molecule has 0 spiro atoms. The van der Waals surface area contributed by atoms with Crippen molar-refractivity contribution in [2.24, 2.45) is 0 Å². The van der Waals surface area contributed by atoms with Crippen LogP contribution in [0, 0.1) is 5.82 Å². The second kappa shape index (κ2) is 4.24. The third-order valence-electron chi connectivity index (χ3n) is 1.96. The summed E-state index contributed by atoms with van der Waals surface area (Å²) in [4.78, 5) is 1.40. The monoisotopic (exact) mass is 270 g/mol. The fourth-order valence-electron chi connectivity index (χ4n) is 1.23. The first-order chi connectivity index (χ1) is 6.77. The number of hydrogen-bond donors (Lipinski definition) is 0. The van der Waals surface area contributed by atoms with Crippen molar-refractivity contribution in [3.8, 4) is 0 Å². The summed E-state index contributed by atoms with van der Waals surface area (Å²) in [5, 5.41) is 2.03. The fourth-order valence-corrected chi connectivity index (χ4v) is 2.74. The Labute approximate surface area is 94.5 Å². The van der Waals surface area contributed by atoms with E-state index in [-0.39, 0.29) is 10.6 Å². The third-order valence-corrected chi connectivity index (χ3v) is 4.22. The van der Waals surface area contributed by atoms with E-state index in [4.69, 9.17) is 0 Å². The first-order valence-electron chi connectivity index (χ1n) is 4.20. The van der Waals surface area contributed by atoms with E-state index in [1.54, 1.807) is 23.5 Å². The summed E-state index contributed by atoms with van der Waals surface area (Å²) in [5.74, 6) is -0.195. The number of alkyl halides is 1. The van der Waals surface area contributed by atoms with Gasteiger partial charge in [-0.25, -0.2) is 4.39 Å². The topological polar surface area (TPSA) is 0 Å². The van der Waals surface area contributed by atoms with Gasteiger partial charge in [-0.3, -0.25) is 0 Å². The van der Waals surface area contributed by atoms with Gasteiger partial charge in [0.15, 0.2) is 0 Å². The van der Waals surface area contributed by atoms with Crippen LogP contribution in [-0.2, 0) is 0 Å². The molecule has 1 heterocycles. The van der Waals surface area contributed by atoms with E-state index in [9.17, 15) is 4.39 Å². The highest BCUT2D eigenvalue weighted by Crippen LogP contribution is 2.33. The highest BCUT2D eigenvalue weighted by molar-refractivity contribution is 9.09. The van der Waals surface area contributed by atoms with Crippen LogP contribution in [0.5, 0.6) is 0 Å². The molecule has 0 N–H and O–H groups in total. The summed E-state index contributed by atoms with van der Waals surface area (Å²) in [5.41, 5.74) is 1.08. The van der Waals surface area contributed by atoms with E-state index in [0.29, 0.717) is 0 Å². The minimum absolute atomic E-state index is 0.170. The maximum absolute atomic E-state index is 12.7. The Balaban J connectivity index is 2.28. The summed E-state index contributed by atoms with van der Waals surface area (Å²) >= 11 is 5.28. The highest BCUT2D eigenvalue weighted by atomic mass is 79.9. The van der Waals surface area contributed by atoms with Gasteiger partial charge in [-0.05, 0) is 29.1 Å². The summed E-state index contributed by atoms with van der Waals surface area (Å²) in [6.45, 7) is 0. The molecule has 2 rings (SSSR count). The molecule has 1 unspecified atom stereocenters. The molecule has 0 aliphatic heterocycles. The Bertz CT molecular complexity index is 394. The van der Waals surface area contributed by atoms with E-state index < -0.39 is 0 Å². The standard InChI is InChI=1S/C11H8BrFS/c12-11(10-2-1-7-14-10)8-3-5-9(13)6-4-8/h1-7,11H. The van der Waals surface area contributed by atoms with Crippen molar-refractivity contribution in [3.63, 3.8) is 0 Å². The molecular formula is C11H8BrFS. The predicted molar refractivity (Wildman–Crippen MR) is 61.5 cm³/mol. The molecule has 3 heteroatoms. The maximum Gasteiger partial charge on any atom is 0.123 e. The van der Waals surface area contributed by atoms with Crippen LogP contribution in [0.25, 0.3) is 0 Å². The van der Waals surface area contributed by atoms with Crippen molar-refractivity contribution in [1.82, 2.24) is 0 Å². The Kier molecular flexibility index (Phi) is 2.99. The Morgan fingerprint density at radius 2 is 1.86 bits per heavy atom. The average molecular weight is 271 g/mol. The molecule has 72 valence electrons. The highest BCUT2D eigenvalue weighted by Gasteiger charge is 2.10. The lowest BCUT2D eigenvalue weighted by Gasteiger charge is -2.07. The van der Waals surface area contributed by atoms with Crippen molar-refractivity contribution in [3.05, 3.63) is 58.0 Å². The third kappa shape index (κ3) is 2.04. The molecule has 0 aliphatic carbocycles. The quantitative estimate of drug-likeness (QED) is 0.711. The van der Waals surface area contributed by atoms with Crippen LogP contribution in [0.1, 0.15) is 15.3 Å². The van der Waals surface area contributed by atoms with Crippen molar-refractivity contribution in [2.75, 3.05) is 0 Å². The molecule has 14 heavy (non-hydrogen) atoms. The van der Waals surface area contributed by atoms with Gasteiger partial charge < -0.3 is 0 Å². The molecular weight excluding hydrogens is 263 g/mol. The molecule has 0 saturated heterocycles. The summed E-state index contributed by atoms with van der Waals surface area (Å²) in [6, 6.07) is 10.6. The number of hydrogen-bond acceptors (Lipinski definition) is 1. The normalized spacial score (nSPS) is 12.7. The average Bonchev–Trinajstić information content (AvgIpc) is 2.71. The lowest BCUT2D eigenvalue weighted by Crippen LogP contribution is -1.89. The van der Waals surface area contributed by atoms with E-state index in [0.717, 1.165) is 5.56 Å². The fraction of sp³-hybridized carbons (Fsp3) is 0.0909. The predicted octanol–water partition coefficient (Wildman–Crippen LogP) is 4.37. The number of benzene rings is 1. The van der Waals surface area contributed by atoms with Crippen LogP contribution in [0.15, 0.2) is 41.8 Å². The van der Waals surface area contributed by atoms with Gasteiger partial charge >= 0.3 is 0 Å². The van der Waals surface area contributed by atoms with Crippen LogP contribution in [-0.4, -0.2) is 0 Å². The first kappa shape index (κ1) is 9.87. The number of rotatable bonds is 2. The second-order valence-electron chi connectivity index (χ2n) is 2.93. The van der Waals surface area contributed by atoms with Gasteiger partial charge in [0, 0.05) is 4.88 Å². The molecule has 2 aromatic rings. The Morgan fingerprint density at radius 3 is 2.43 bits per heavy atom. The van der Waals surface area contributed by atoms with Crippen molar-refractivity contribution < 1.29 is 4.39 Å². The zero-order valence-electron chi connectivity index (χ0n) is 7.28. The number of thiophene rings is 1. The summed E-state index contributed by atoms with van der Waals surface area (Å²) < 4.78 is 12.7. The molecule has 1 atom stereocenters. The zero-order chi connectivity index (χ0) is 9.97. The smallest absolute Gasteiger partial charge is 0.123 e. The van der Waals surface area contributed by atoms with Gasteiger partial charge in [0.25, 0.3) is 0 Å². The SMILES string of the molecule is Fc1ccc(C(Br)c2cccs2)cc1. The van der Waals surface area contributed by atoms with Gasteiger partial charge in [-0.15, -0.1) is 11.3 Å². The number of halogens is 2. The molecule has 1 aromatic heterocycles. The van der Waals surface area contributed by atoms with Gasteiger partial charge in [-0.2, -0.15) is 0 Å². The molecule has 0 fully saturated rings. The maximum atomic E-state index is 12.7. The van der Waals surface area contributed by atoms with Crippen molar-refractivity contribution >= 4 is 27.3 Å². The molecule has 1 aromatic carbocycles. The summed E-state index contributed by atoms with van der Waals surface area (Å²) in [7, 11) is 0. The van der Waals surface area contributed by atoms with Crippen LogP contribution in [0.3, 0.4) is 0 Å². The van der Waals surface area contributed by atoms with Crippen LogP contribution >= 0.6 is 27.3 Å². The van der Waals surface area contributed by atoms with E-state index in [1.165, 1.54) is 17.0 Å². The minimum Gasteiger partial charge on any atom is -0.207 e. The first-order valence-corrected chi connectivity index (χ1v) is 6.00. The Morgan fingerprint density at radius 1 is 1.14 bits per heavy atom. The van der Waals surface area contributed by atoms with Crippen LogP contribution < -0.4 is 0 Å². The molecule has 0 nitrogen and oxygen atoms in total. The molecule has 0 bridgehead atoms.